The lowest BCUT2D eigenvalue weighted by atomic mass is 10.3. The van der Waals surface area contributed by atoms with Crippen LogP contribution in [0.1, 0.15) is 0 Å². The van der Waals surface area contributed by atoms with E-state index in [4.69, 9.17) is 9.63 Å². The minimum Gasteiger partial charge on any atom is -0.492 e. The average Bonchev–Trinajstić information content (AvgIpc) is 2.04. The van der Waals surface area contributed by atoms with Gasteiger partial charge in [0.2, 0.25) is 0 Å². The summed E-state index contributed by atoms with van der Waals surface area (Å²) in [5, 5.41) is 0.338. The van der Waals surface area contributed by atoms with Crippen molar-refractivity contribution in [2.45, 2.75) is 0 Å². The average molecular weight is 171 g/mol. The maximum absolute atomic E-state index is 10.6. The van der Waals surface area contributed by atoms with Gasteiger partial charge in [-0.2, -0.15) is 4.89 Å². The lowest BCUT2D eigenvalue weighted by Gasteiger charge is -1.95. The van der Waals surface area contributed by atoms with Crippen LogP contribution in [0.4, 0.5) is 0 Å². The maximum Gasteiger partial charge on any atom is 0.550 e. The van der Waals surface area contributed by atoms with Crippen LogP contribution in [0, 0.1) is 0 Å². The van der Waals surface area contributed by atoms with Gasteiger partial charge in [-0.1, -0.05) is 12.1 Å². The zero-order chi connectivity index (χ0) is 8.27. The van der Waals surface area contributed by atoms with Crippen LogP contribution in [0.15, 0.2) is 24.3 Å². The molecule has 0 heterocycles. The first kappa shape index (κ1) is 8.18. The first-order valence-corrected chi connectivity index (χ1v) is 4.26. The molecule has 1 rings (SSSR count). The molecule has 0 radical (unpaired) electrons. The van der Waals surface area contributed by atoms with Crippen LogP contribution in [0.3, 0.4) is 0 Å². The van der Waals surface area contributed by atoms with Gasteiger partial charge < -0.3 is 4.74 Å². The summed E-state index contributed by atoms with van der Waals surface area (Å²) in [6, 6.07) is 6.67. The molecule has 0 bridgehead atoms. The highest BCUT2D eigenvalue weighted by molar-refractivity contribution is 7.47. The van der Waals surface area contributed by atoms with E-state index in [-0.39, 0.29) is 0 Å². The largest absolute Gasteiger partial charge is 0.550 e. The van der Waals surface area contributed by atoms with Gasteiger partial charge in [-0.05, 0) is 16.7 Å². The van der Waals surface area contributed by atoms with Gasteiger partial charge in [0.05, 0.1) is 7.11 Å². The third kappa shape index (κ3) is 1.76. The number of benzene rings is 1. The number of methoxy groups -OCH3 is 1. The Hall–Kier alpha value is -0.920. The first-order chi connectivity index (χ1) is 5.25. The molecular formula is C7H8O3P+. The Morgan fingerprint density at radius 1 is 1.45 bits per heavy atom. The highest BCUT2D eigenvalue weighted by atomic mass is 31.1. The van der Waals surface area contributed by atoms with E-state index < -0.39 is 8.03 Å². The first-order valence-electron chi connectivity index (χ1n) is 3.05. The summed E-state index contributed by atoms with van der Waals surface area (Å²) in [6.07, 6.45) is 0. The lowest BCUT2D eigenvalue weighted by molar-refractivity contribution is 0.416. The topological polar surface area (TPSA) is 46.5 Å². The van der Waals surface area contributed by atoms with Gasteiger partial charge in [0.1, 0.15) is 0 Å². The van der Waals surface area contributed by atoms with Crippen LogP contribution in [0.25, 0.3) is 0 Å². The third-order valence-electron chi connectivity index (χ3n) is 1.29. The van der Waals surface area contributed by atoms with Crippen molar-refractivity contribution in [1.82, 2.24) is 0 Å². The van der Waals surface area contributed by atoms with Crippen LogP contribution in [-0.2, 0) is 4.57 Å². The van der Waals surface area contributed by atoms with Crippen LogP contribution in [0.2, 0.25) is 0 Å². The summed E-state index contributed by atoms with van der Waals surface area (Å²) in [7, 11) is -0.827. The summed E-state index contributed by atoms with van der Waals surface area (Å²) >= 11 is 0. The molecule has 1 atom stereocenters. The van der Waals surface area contributed by atoms with Crippen molar-refractivity contribution in [1.29, 1.82) is 0 Å². The van der Waals surface area contributed by atoms with Crippen LogP contribution < -0.4 is 10.0 Å². The molecular weight excluding hydrogens is 163 g/mol. The number of rotatable bonds is 2. The molecule has 0 spiro atoms. The predicted octanol–water partition coefficient (Wildman–Crippen LogP) is 1.06. The molecule has 4 heteroatoms. The highest BCUT2D eigenvalue weighted by Gasteiger charge is 2.21. The van der Waals surface area contributed by atoms with E-state index in [0.717, 1.165) is 0 Å². The zero-order valence-electron chi connectivity index (χ0n) is 6.02. The fourth-order valence-electron chi connectivity index (χ4n) is 0.788. The fourth-order valence-corrected chi connectivity index (χ4v) is 1.36. The van der Waals surface area contributed by atoms with Gasteiger partial charge in [-0.3, -0.25) is 0 Å². The number of hydrogen-bond acceptors (Lipinski definition) is 2. The molecule has 0 saturated heterocycles. The number of ether oxygens (including phenoxy) is 1. The maximum atomic E-state index is 10.6. The van der Waals surface area contributed by atoms with Gasteiger partial charge in [0, 0.05) is 0 Å². The van der Waals surface area contributed by atoms with Crippen LogP contribution in [0.5, 0.6) is 5.75 Å². The van der Waals surface area contributed by atoms with E-state index >= 15 is 0 Å². The summed E-state index contributed by atoms with van der Waals surface area (Å²) < 4.78 is 15.5. The molecule has 3 nitrogen and oxygen atoms in total. The minimum absolute atomic E-state index is 0.338. The molecule has 0 fully saturated rings. The normalized spacial score (nSPS) is 10.9. The van der Waals surface area contributed by atoms with Crippen molar-refractivity contribution in [2.75, 3.05) is 7.11 Å². The molecule has 1 N–H and O–H groups in total. The van der Waals surface area contributed by atoms with E-state index in [2.05, 4.69) is 0 Å². The SMILES string of the molecule is COc1ccccc1[P+](=O)O. The van der Waals surface area contributed by atoms with Crippen LogP contribution >= 0.6 is 8.03 Å². The second-order valence-corrected chi connectivity index (χ2v) is 2.97. The summed E-state index contributed by atoms with van der Waals surface area (Å²) in [5.41, 5.74) is 0. The fraction of sp³-hybridized carbons (Fsp3) is 0.143. The summed E-state index contributed by atoms with van der Waals surface area (Å²) in [5.74, 6) is 0.455. The third-order valence-corrected chi connectivity index (χ3v) is 2.07. The molecule has 58 valence electrons. The molecule has 0 aliphatic carbocycles. The molecule has 1 unspecified atom stereocenters. The Labute approximate surface area is 65.5 Å². The molecule has 0 aliphatic rings. The van der Waals surface area contributed by atoms with Crippen molar-refractivity contribution in [3.05, 3.63) is 24.3 Å². The van der Waals surface area contributed by atoms with Gasteiger partial charge >= 0.3 is 8.03 Å². The Morgan fingerprint density at radius 3 is 2.55 bits per heavy atom. The Bertz CT molecular complexity index is 272. The second kappa shape index (κ2) is 3.46. The Balaban J connectivity index is 3.12. The van der Waals surface area contributed by atoms with Gasteiger partial charge in [-0.15, -0.1) is 0 Å². The Morgan fingerprint density at radius 2 is 2.09 bits per heavy atom. The molecule has 0 saturated carbocycles. The highest BCUT2D eigenvalue weighted by Crippen LogP contribution is 2.20. The molecule has 0 amide bonds. The van der Waals surface area contributed by atoms with Crippen molar-refractivity contribution in [3.63, 3.8) is 0 Å². The van der Waals surface area contributed by atoms with Crippen molar-refractivity contribution < 1.29 is 14.2 Å². The second-order valence-electron chi connectivity index (χ2n) is 1.94. The smallest absolute Gasteiger partial charge is 0.492 e. The molecule has 1 aromatic carbocycles. The van der Waals surface area contributed by atoms with Crippen LogP contribution in [-0.4, -0.2) is 12.0 Å². The quantitative estimate of drug-likeness (QED) is 0.676. The van der Waals surface area contributed by atoms with E-state index in [1.165, 1.54) is 7.11 Å². The van der Waals surface area contributed by atoms with Crippen molar-refractivity contribution in [2.24, 2.45) is 0 Å². The van der Waals surface area contributed by atoms with Gasteiger partial charge in [0.15, 0.2) is 5.75 Å². The monoisotopic (exact) mass is 171 g/mol. The molecule has 11 heavy (non-hydrogen) atoms. The van der Waals surface area contributed by atoms with E-state index in [1.54, 1.807) is 24.3 Å². The van der Waals surface area contributed by atoms with E-state index in [0.29, 0.717) is 11.1 Å². The van der Waals surface area contributed by atoms with E-state index in [9.17, 15) is 4.57 Å². The number of para-hydroxylation sites is 1. The summed E-state index contributed by atoms with van der Waals surface area (Å²) in [6.45, 7) is 0. The molecule has 1 aromatic rings. The Kier molecular flexibility index (Phi) is 2.58. The summed E-state index contributed by atoms with van der Waals surface area (Å²) in [4.78, 5) is 8.76. The minimum atomic E-state index is -2.30. The molecule has 0 aromatic heterocycles. The lowest BCUT2D eigenvalue weighted by Crippen LogP contribution is -2.00. The number of hydrogen-bond donors (Lipinski definition) is 1. The predicted molar refractivity (Wildman–Crippen MR) is 42.5 cm³/mol. The zero-order valence-corrected chi connectivity index (χ0v) is 6.91. The van der Waals surface area contributed by atoms with E-state index in [1.807, 2.05) is 0 Å². The van der Waals surface area contributed by atoms with Crippen molar-refractivity contribution in [3.8, 4) is 5.75 Å². The molecule has 0 aliphatic heterocycles. The standard InChI is InChI=1S/C7H7O3P/c1-10-6-4-2-3-5-7(6)11(8)9/h2-5H,1H3/p+1. The van der Waals surface area contributed by atoms with Crippen molar-refractivity contribution >= 4 is 13.3 Å². The van der Waals surface area contributed by atoms with Gasteiger partial charge in [0.25, 0.3) is 5.30 Å². The van der Waals surface area contributed by atoms with Gasteiger partial charge in [-0.25, -0.2) is 0 Å².